The summed E-state index contributed by atoms with van der Waals surface area (Å²) in [6, 6.07) is 4.00. The Labute approximate surface area is 240 Å². The van der Waals surface area contributed by atoms with Crippen molar-refractivity contribution < 1.29 is 17.9 Å². The number of hydrogen-bond acceptors (Lipinski definition) is 12. The van der Waals surface area contributed by atoms with E-state index in [9.17, 15) is 13.2 Å². The number of piperazine rings is 1. The van der Waals surface area contributed by atoms with Crippen molar-refractivity contribution >= 4 is 59.8 Å². The van der Waals surface area contributed by atoms with Crippen molar-refractivity contribution in [2.75, 3.05) is 57.1 Å². The van der Waals surface area contributed by atoms with Gasteiger partial charge in [-0.15, -0.1) is 11.3 Å². The minimum Gasteiger partial charge on any atom is -0.375 e. The number of thiophene rings is 1. The first-order chi connectivity index (χ1) is 19.3. The van der Waals surface area contributed by atoms with Crippen molar-refractivity contribution in [3.63, 3.8) is 0 Å². The molecular weight excluding hydrogens is 573 g/mol. The number of fused-ring (bicyclic) bond motifs is 1. The van der Waals surface area contributed by atoms with Gasteiger partial charge in [0.2, 0.25) is 0 Å². The maximum Gasteiger partial charge on any atom is 0.254 e. The van der Waals surface area contributed by atoms with Crippen LogP contribution in [0, 0.1) is 6.92 Å². The lowest BCUT2D eigenvalue weighted by Gasteiger charge is -2.35. The molecule has 0 saturated carbocycles. The number of ether oxygens (including phenoxy) is 1. The minimum atomic E-state index is -3.72. The van der Waals surface area contributed by atoms with Gasteiger partial charge in [-0.2, -0.15) is 4.31 Å². The molecule has 0 aromatic carbocycles. The van der Waals surface area contributed by atoms with Crippen LogP contribution in [-0.4, -0.2) is 95.9 Å². The maximum atomic E-state index is 13.3. The zero-order valence-corrected chi connectivity index (χ0v) is 24.8. The number of carbonyl (C=O) groups is 1. The highest BCUT2D eigenvalue weighted by atomic mass is 32.2. The second kappa shape index (κ2) is 12.2. The molecule has 1 amide bonds. The van der Waals surface area contributed by atoms with Crippen LogP contribution in [0.15, 0.2) is 40.4 Å². The number of carbonyl (C=O) groups excluding carboxylic acids is 1. The van der Waals surface area contributed by atoms with Crippen LogP contribution in [0.5, 0.6) is 0 Å². The monoisotopic (exact) mass is 602 g/mol. The summed E-state index contributed by atoms with van der Waals surface area (Å²) in [5.74, 6) is 0.403. The molecule has 2 N–H and O–H groups in total. The van der Waals surface area contributed by atoms with Crippen LogP contribution in [0.1, 0.15) is 12.6 Å². The molecule has 0 radical (unpaired) electrons. The lowest BCUT2D eigenvalue weighted by atomic mass is 10.1. The Morgan fingerprint density at radius 3 is 2.75 bits per heavy atom. The number of rotatable bonds is 10. The summed E-state index contributed by atoms with van der Waals surface area (Å²) in [6.07, 6.45) is 5.15. The molecule has 1 aliphatic rings. The van der Waals surface area contributed by atoms with E-state index in [0.29, 0.717) is 31.9 Å². The lowest BCUT2D eigenvalue weighted by Crippen LogP contribution is -2.50. The molecule has 5 heterocycles. The molecule has 0 spiro atoms. The molecule has 12 nitrogen and oxygen atoms in total. The zero-order chi connectivity index (χ0) is 28.3. The fraction of sp³-hybridized carbons (Fsp3) is 0.400. The number of aryl methyl sites for hydroxylation is 1. The predicted octanol–water partition coefficient (Wildman–Crippen LogP) is 2.91. The summed E-state index contributed by atoms with van der Waals surface area (Å²) >= 11 is 2.56. The van der Waals surface area contributed by atoms with Crippen LogP contribution in [0.25, 0.3) is 21.3 Å². The van der Waals surface area contributed by atoms with Gasteiger partial charge in [-0.05, 0) is 19.9 Å². The molecule has 4 aromatic heterocycles. The number of methoxy groups -OCH3 is 1. The molecule has 1 atom stereocenters. The van der Waals surface area contributed by atoms with E-state index in [1.165, 1.54) is 11.4 Å². The molecule has 0 bridgehead atoms. The highest BCUT2D eigenvalue weighted by molar-refractivity contribution is 7.91. The first-order valence-corrected chi connectivity index (χ1v) is 15.8. The van der Waals surface area contributed by atoms with E-state index in [1.54, 1.807) is 30.8 Å². The van der Waals surface area contributed by atoms with Gasteiger partial charge in [-0.3, -0.25) is 20.0 Å². The number of sulfonamides is 1. The number of nitrogens with one attached hydrogen (secondary N) is 2. The zero-order valence-electron chi connectivity index (χ0n) is 22.3. The lowest BCUT2D eigenvalue weighted by molar-refractivity contribution is -0.119. The molecule has 4 aromatic rings. The fourth-order valence-corrected chi connectivity index (χ4v) is 8.55. The third kappa shape index (κ3) is 6.14. The van der Waals surface area contributed by atoms with Crippen molar-refractivity contribution in [1.29, 1.82) is 0 Å². The molecule has 1 saturated heterocycles. The normalized spacial score (nSPS) is 15.8. The number of anilines is 2. The van der Waals surface area contributed by atoms with E-state index in [-0.39, 0.29) is 27.9 Å². The van der Waals surface area contributed by atoms with Crippen LogP contribution in [0.3, 0.4) is 0 Å². The van der Waals surface area contributed by atoms with Crippen molar-refractivity contribution in [2.24, 2.45) is 0 Å². The fourth-order valence-electron chi connectivity index (χ4n) is 4.58. The predicted molar refractivity (Wildman–Crippen MR) is 156 cm³/mol. The summed E-state index contributed by atoms with van der Waals surface area (Å²) in [6.45, 7) is 6.27. The summed E-state index contributed by atoms with van der Waals surface area (Å²) in [5.41, 5.74) is 3.31. The van der Waals surface area contributed by atoms with Crippen LogP contribution in [-0.2, 0) is 19.6 Å². The SMILES string of the molecule is COCC(=O)Nc1nc(C)c(S(=O)(=O)N2CCN(C[C@H](C)Nc3ncnc4c(-c5cccnc5)csc34)CC2)s1. The van der Waals surface area contributed by atoms with Gasteiger partial charge in [-0.1, -0.05) is 17.4 Å². The largest absolute Gasteiger partial charge is 0.375 e. The molecule has 15 heteroatoms. The van der Waals surface area contributed by atoms with Gasteiger partial charge in [0.05, 0.1) is 15.9 Å². The number of thiazole rings is 1. The van der Waals surface area contributed by atoms with Crippen molar-refractivity contribution in [3.05, 3.63) is 41.9 Å². The molecule has 212 valence electrons. The van der Waals surface area contributed by atoms with Crippen molar-refractivity contribution in [2.45, 2.75) is 24.1 Å². The molecular formula is C25H30N8O4S3. The van der Waals surface area contributed by atoms with Gasteiger partial charge < -0.3 is 10.1 Å². The van der Waals surface area contributed by atoms with Crippen LogP contribution in [0.4, 0.5) is 10.9 Å². The van der Waals surface area contributed by atoms with E-state index in [1.807, 2.05) is 18.3 Å². The van der Waals surface area contributed by atoms with Gasteiger partial charge in [0.1, 0.15) is 18.8 Å². The number of nitrogens with zero attached hydrogens (tertiary/aromatic N) is 6. The highest BCUT2D eigenvalue weighted by Crippen LogP contribution is 2.35. The molecule has 1 fully saturated rings. The van der Waals surface area contributed by atoms with E-state index >= 15 is 0 Å². The molecule has 0 unspecified atom stereocenters. The summed E-state index contributed by atoms with van der Waals surface area (Å²) in [4.78, 5) is 31.5. The van der Waals surface area contributed by atoms with Gasteiger partial charge >= 0.3 is 0 Å². The standard InChI is InChI=1S/C25H30N8O4S3/c1-16(29-23-22-21(27-15-28-23)19(14-38-22)18-5-4-6-26-11-18)12-32-7-9-33(10-8-32)40(35,36)24-17(2)30-25(39-24)31-20(34)13-37-3/h4-6,11,14-16H,7-10,12-13H2,1-3H3,(H,27,28,29)(H,30,31,34)/t16-/m0/s1. The minimum absolute atomic E-state index is 0.0761. The Kier molecular flexibility index (Phi) is 8.68. The third-order valence-electron chi connectivity index (χ3n) is 6.42. The Hall–Kier alpha value is -3.08. The first kappa shape index (κ1) is 28.4. The number of pyridine rings is 1. The molecule has 5 rings (SSSR count). The Balaban J connectivity index is 1.19. The van der Waals surface area contributed by atoms with Crippen molar-refractivity contribution in [1.82, 2.24) is 29.1 Å². The van der Waals surface area contributed by atoms with Crippen molar-refractivity contribution in [3.8, 4) is 11.1 Å². The van der Waals surface area contributed by atoms with Gasteiger partial charge in [-0.25, -0.2) is 23.4 Å². The van der Waals surface area contributed by atoms with E-state index in [4.69, 9.17) is 4.74 Å². The second-order valence-corrected chi connectivity index (χ2v) is 13.4. The van der Waals surface area contributed by atoms with E-state index in [2.05, 4.69) is 47.8 Å². The molecule has 40 heavy (non-hydrogen) atoms. The average Bonchev–Trinajstić information content (AvgIpc) is 3.54. The number of hydrogen-bond donors (Lipinski definition) is 2. The summed E-state index contributed by atoms with van der Waals surface area (Å²) < 4.78 is 34.1. The van der Waals surface area contributed by atoms with Crippen LogP contribution >= 0.6 is 22.7 Å². The Bertz CT molecular complexity index is 1580. The van der Waals surface area contributed by atoms with E-state index < -0.39 is 10.0 Å². The van der Waals surface area contributed by atoms with Crippen LogP contribution < -0.4 is 10.6 Å². The smallest absolute Gasteiger partial charge is 0.254 e. The van der Waals surface area contributed by atoms with Gasteiger partial charge in [0, 0.05) is 74.8 Å². The summed E-state index contributed by atoms with van der Waals surface area (Å²) in [7, 11) is -2.31. The first-order valence-electron chi connectivity index (χ1n) is 12.6. The summed E-state index contributed by atoms with van der Waals surface area (Å²) in [5, 5.41) is 8.42. The quantitative estimate of drug-likeness (QED) is 0.278. The van der Waals surface area contributed by atoms with E-state index in [0.717, 1.165) is 45.0 Å². The topological polar surface area (TPSA) is 143 Å². The average molecular weight is 603 g/mol. The third-order valence-corrected chi connectivity index (χ3v) is 11.0. The number of amides is 1. The Morgan fingerprint density at radius 2 is 2.02 bits per heavy atom. The second-order valence-electron chi connectivity index (χ2n) is 9.41. The van der Waals surface area contributed by atoms with Gasteiger partial charge in [0.25, 0.3) is 15.9 Å². The Morgan fingerprint density at radius 1 is 1.23 bits per heavy atom. The highest BCUT2D eigenvalue weighted by Gasteiger charge is 2.32. The maximum absolute atomic E-state index is 13.3. The number of aromatic nitrogens is 4. The molecule has 1 aliphatic heterocycles. The van der Waals surface area contributed by atoms with Crippen LogP contribution in [0.2, 0.25) is 0 Å². The molecule has 0 aliphatic carbocycles. The van der Waals surface area contributed by atoms with Gasteiger partial charge in [0.15, 0.2) is 9.34 Å².